The van der Waals surface area contributed by atoms with E-state index in [0.717, 1.165) is 36.9 Å². The van der Waals surface area contributed by atoms with Crippen molar-refractivity contribution >= 4 is 35.1 Å². The van der Waals surface area contributed by atoms with Crippen LogP contribution in [-0.2, 0) is 6.42 Å². The van der Waals surface area contributed by atoms with E-state index >= 15 is 0 Å². The van der Waals surface area contributed by atoms with E-state index in [-0.39, 0.29) is 40.5 Å². The fourth-order valence-electron chi connectivity index (χ4n) is 3.29. The highest BCUT2D eigenvalue weighted by atomic mass is 35.5. The zero-order valence-corrected chi connectivity index (χ0v) is 19.9. The number of carbonyl (C=O) groups is 1. The van der Waals surface area contributed by atoms with E-state index in [1.807, 2.05) is 41.2 Å². The first-order valence-electron chi connectivity index (χ1n) is 10.9. The third-order valence-electron chi connectivity index (χ3n) is 5.09. The molecular weight excluding hydrogens is 456 g/mol. The summed E-state index contributed by atoms with van der Waals surface area (Å²) in [4.78, 5) is 24.8. The van der Waals surface area contributed by atoms with Gasteiger partial charge in [-0.25, -0.2) is 19.6 Å². The van der Waals surface area contributed by atoms with E-state index in [1.54, 1.807) is 0 Å². The van der Waals surface area contributed by atoms with Crippen molar-refractivity contribution in [3.8, 4) is 0 Å². The van der Waals surface area contributed by atoms with Crippen LogP contribution in [0.2, 0.25) is 5.15 Å². The number of guanidine groups is 1. The fourth-order valence-corrected chi connectivity index (χ4v) is 3.42. The quantitative estimate of drug-likeness (QED) is 0.203. The number of unbranched alkanes of at least 4 members (excludes halogenated alkanes) is 1. The molecule has 0 aliphatic rings. The standard InChI is InChI=1S/C22H29ClN10O/c1-13(2)33-12-15(31-32-33)10-6-7-11-16(14-8-4-3-5-9-14)27-22(26)30-21(34)17-19(24)29-20(25)18(23)28-17/h3-5,8-9,12-13,16H,6-7,10-11H2,1-2H3,(H4,24,25,29)(H3,26,27,30,34). The molecule has 1 amide bonds. The zero-order chi connectivity index (χ0) is 24.7. The molecule has 34 heavy (non-hydrogen) atoms. The summed E-state index contributed by atoms with van der Waals surface area (Å²) in [5.41, 5.74) is 19.1. The van der Waals surface area contributed by atoms with E-state index in [2.05, 4.69) is 44.4 Å². The first-order valence-corrected chi connectivity index (χ1v) is 11.3. The van der Waals surface area contributed by atoms with Crippen LogP contribution in [0.3, 0.4) is 0 Å². The Morgan fingerprint density at radius 3 is 2.56 bits per heavy atom. The predicted octanol–water partition coefficient (Wildman–Crippen LogP) is 2.67. The minimum absolute atomic E-state index is 0.0618. The summed E-state index contributed by atoms with van der Waals surface area (Å²) >= 11 is 5.86. The maximum Gasteiger partial charge on any atom is 0.280 e. The van der Waals surface area contributed by atoms with E-state index in [1.165, 1.54) is 0 Å². The molecule has 1 atom stereocenters. The minimum Gasteiger partial charge on any atom is -0.382 e. The molecule has 0 aliphatic heterocycles. The molecule has 1 unspecified atom stereocenters. The normalized spacial score (nSPS) is 12.6. The number of nitrogens with zero attached hydrogens (tertiary/aromatic N) is 6. The Bertz CT molecular complexity index is 1150. The molecule has 0 bridgehead atoms. The molecule has 0 radical (unpaired) electrons. The van der Waals surface area contributed by atoms with Crippen LogP contribution in [0.5, 0.6) is 0 Å². The molecule has 3 aromatic rings. The lowest BCUT2D eigenvalue weighted by atomic mass is 10.0. The number of nitrogens with one attached hydrogen (secondary N) is 1. The summed E-state index contributed by atoms with van der Waals surface area (Å²) in [6, 6.07) is 9.78. The van der Waals surface area contributed by atoms with Gasteiger partial charge in [-0.15, -0.1) is 5.10 Å². The Kier molecular flexibility index (Phi) is 8.36. The van der Waals surface area contributed by atoms with Crippen LogP contribution in [0.1, 0.15) is 66.9 Å². The van der Waals surface area contributed by atoms with Gasteiger partial charge in [-0.3, -0.25) is 10.1 Å². The maximum absolute atomic E-state index is 12.6. The van der Waals surface area contributed by atoms with Crippen LogP contribution >= 0.6 is 11.6 Å². The molecule has 0 aliphatic carbocycles. The molecule has 180 valence electrons. The molecule has 2 aromatic heterocycles. The summed E-state index contributed by atoms with van der Waals surface area (Å²) in [6.07, 6.45) is 5.32. The SMILES string of the molecule is CC(C)n1cc(CCCCC(N=C(N)NC(=O)c2nc(Cl)c(N)nc2N)c2ccccc2)nn1. The number of halogens is 1. The van der Waals surface area contributed by atoms with Crippen LogP contribution in [0.4, 0.5) is 11.6 Å². The number of aromatic nitrogens is 5. The van der Waals surface area contributed by atoms with Gasteiger partial charge in [-0.2, -0.15) is 0 Å². The molecule has 3 rings (SSSR count). The van der Waals surface area contributed by atoms with Crippen molar-refractivity contribution < 1.29 is 4.79 Å². The highest BCUT2D eigenvalue weighted by molar-refractivity contribution is 6.31. The Labute approximate surface area is 202 Å². The number of aryl methyl sites for hydroxylation is 1. The summed E-state index contributed by atoms with van der Waals surface area (Å²) in [6.45, 7) is 4.12. The number of nitrogen functional groups attached to an aromatic ring is 2. The van der Waals surface area contributed by atoms with Crippen LogP contribution in [-0.4, -0.2) is 36.8 Å². The number of hydrogen-bond donors (Lipinski definition) is 4. The van der Waals surface area contributed by atoms with Crippen LogP contribution < -0.4 is 22.5 Å². The fraction of sp³-hybridized carbons (Fsp3) is 0.364. The highest BCUT2D eigenvalue weighted by Gasteiger charge is 2.18. The van der Waals surface area contributed by atoms with Crippen LogP contribution in [0.25, 0.3) is 0 Å². The number of aliphatic imine (C=N–C) groups is 1. The number of nitrogens with two attached hydrogens (primary N) is 3. The summed E-state index contributed by atoms with van der Waals surface area (Å²) in [5, 5.41) is 10.7. The van der Waals surface area contributed by atoms with E-state index in [0.29, 0.717) is 0 Å². The minimum atomic E-state index is -0.673. The van der Waals surface area contributed by atoms with Gasteiger partial charge < -0.3 is 17.2 Å². The number of anilines is 2. The molecule has 12 heteroatoms. The molecule has 0 fully saturated rings. The lowest BCUT2D eigenvalue weighted by molar-refractivity contribution is 0.0972. The van der Waals surface area contributed by atoms with Gasteiger partial charge in [0.15, 0.2) is 28.4 Å². The molecule has 0 saturated heterocycles. The van der Waals surface area contributed by atoms with Crippen LogP contribution in [0.15, 0.2) is 41.5 Å². The first kappa shape index (κ1) is 24.9. The van der Waals surface area contributed by atoms with Gasteiger partial charge in [-0.05, 0) is 38.7 Å². The van der Waals surface area contributed by atoms with Gasteiger partial charge in [0.25, 0.3) is 5.91 Å². The monoisotopic (exact) mass is 484 g/mol. The Morgan fingerprint density at radius 1 is 1.15 bits per heavy atom. The van der Waals surface area contributed by atoms with Crippen molar-refractivity contribution in [1.29, 1.82) is 0 Å². The van der Waals surface area contributed by atoms with Crippen molar-refractivity contribution in [2.75, 3.05) is 11.5 Å². The Hall–Kier alpha value is -3.73. The molecule has 0 saturated carbocycles. The molecule has 7 N–H and O–H groups in total. The molecular formula is C22H29ClN10O. The van der Waals surface area contributed by atoms with Crippen molar-refractivity contribution in [2.45, 2.75) is 51.6 Å². The van der Waals surface area contributed by atoms with Gasteiger partial charge >= 0.3 is 0 Å². The second kappa shape index (κ2) is 11.4. The second-order valence-electron chi connectivity index (χ2n) is 8.06. The van der Waals surface area contributed by atoms with Crippen LogP contribution in [0, 0.1) is 0 Å². The number of rotatable bonds is 9. The maximum atomic E-state index is 12.6. The topological polar surface area (TPSA) is 176 Å². The largest absolute Gasteiger partial charge is 0.382 e. The zero-order valence-electron chi connectivity index (χ0n) is 19.1. The highest BCUT2D eigenvalue weighted by Crippen LogP contribution is 2.24. The molecule has 11 nitrogen and oxygen atoms in total. The predicted molar refractivity (Wildman–Crippen MR) is 132 cm³/mol. The van der Waals surface area contributed by atoms with Gasteiger partial charge in [0, 0.05) is 12.2 Å². The number of benzene rings is 1. The number of carbonyl (C=O) groups excluding carboxylic acids is 1. The van der Waals surface area contributed by atoms with Crippen molar-refractivity contribution in [3.63, 3.8) is 0 Å². The lowest BCUT2D eigenvalue weighted by Crippen LogP contribution is -2.38. The third-order valence-corrected chi connectivity index (χ3v) is 5.37. The van der Waals surface area contributed by atoms with E-state index < -0.39 is 5.91 Å². The van der Waals surface area contributed by atoms with E-state index in [9.17, 15) is 4.79 Å². The second-order valence-corrected chi connectivity index (χ2v) is 8.42. The average Bonchev–Trinajstić information content (AvgIpc) is 3.28. The van der Waals surface area contributed by atoms with Gasteiger partial charge in [0.05, 0.1) is 11.7 Å². The smallest absolute Gasteiger partial charge is 0.280 e. The van der Waals surface area contributed by atoms with Crippen molar-refractivity contribution in [2.24, 2.45) is 10.7 Å². The van der Waals surface area contributed by atoms with Crippen molar-refractivity contribution in [1.82, 2.24) is 30.3 Å². The first-order chi connectivity index (χ1) is 16.2. The van der Waals surface area contributed by atoms with Gasteiger partial charge in [0.2, 0.25) is 0 Å². The Balaban J connectivity index is 1.65. The molecule has 2 heterocycles. The van der Waals surface area contributed by atoms with E-state index in [4.69, 9.17) is 28.8 Å². The summed E-state index contributed by atoms with van der Waals surface area (Å²) in [5.74, 6) is -0.949. The van der Waals surface area contributed by atoms with Crippen molar-refractivity contribution in [3.05, 3.63) is 58.6 Å². The average molecular weight is 485 g/mol. The molecule has 1 aromatic carbocycles. The summed E-state index contributed by atoms with van der Waals surface area (Å²) in [7, 11) is 0. The third kappa shape index (κ3) is 6.64. The number of amides is 1. The molecule has 0 spiro atoms. The van der Waals surface area contributed by atoms with Gasteiger partial charge in [-0.1, -0.05) is 53.6 Å². The van der Waals surface area contributed by atoms with Gasteiger partial charge in [0.1, 0.15) is 0 Å². The summed E-state index contributed by atoms with van der Waals surface area (Å²) < 4.78 is 1.85. The Morgan fingerprint density at radius 2 is 1.88 bits per heavy atom. The number of hydrogen-bond acceptors (Lipinski definition) is 8. The lowest BCUT2D eigenvalue weighted by Gasteiger charge is -2.15.